The molecule has 0 unspecified atom stereocenters. The van der Waals surface area contributed by atoms with Gasteiger partial charge in [0.15, 0.2) is 0 Å². The quantitative estimate of drug-likeness (QED) is 0.766. The Labute approximate surface area is 147 Å². The molecule has 0 fully saturated rings. The molecular formula is C17H25N5OS. The van der Waals surface area contributed by atoms with Crippen molar-refractivity contribution in [3.63, 3.8) is 0 Å². The van der Waals surface area contributed by atoms with Gasteiger partial charge >= 0.3 is 0 Å². The van der Waals surface area contributed by atoms with E-state index in [1.54, 1.807) is 11.8 Å². The molecule has 0 aliphatic carbocycles. The first-order chi connectivity index (χ1) is 11.5. The molecule has 0 spiro atoms. The maximum absolute atomic E-state index is 12.6. The van der Waals surface area contributed by atoms with Crippen LogP contribution in [0.4, 0.5) is 5.95 Å². The van der Waals surface area contributed by atoms with Crippen molar-refractivity contribution in [3.8, 4) is 0 Å². The van der Waals surface area contributed by atoms with E-state index >= 15 is 0 Å². The van der Waals surface area contributed by atoms with Crippen LogP contribution in [0.2, 0.25) is 0 Å². The van der Waals surface area contributed by atoms with Gasteiger partial charge in [0.2, 0.25) is 11.9 Å². The molecule has 0 aliphatic heterocycles. The smallest absolute Gasteiger partial charge is 0.242 e. The minimum absolute atomic E-state index is 0.0343. The lowest BCUT2D eigenvalue weighted by atomic mass is 10.2. The van der Waals surface area contributed by atoms with Gasteiger partial charge in [-0.05, 0) is 50.5 Å². The highest BCUT2D eigenvalue weighted by Gasteiger charge is 2.19. The van der Waals surface area contributed by atoms with Crippen molar-refractivity contribution in [2.75, 3.05) is 17.3 Å². The van der Waals surface area contributed by atoms with Crippen LogP contribution in [0.1, 0.15) is 23.5 Å². The van der Waals surface area contributed by atoms with Crippen LogP contribution in [0.25, 0.3) is 0 Å². The van der Waals surface area contributed by atoms with E-state index in [1.807, 2.05) is 56.1 Å². The number of aryl methyl sites for hydroxylation is 3. The van der Waals surface area contributed by atoms with Gasteiger partial charge in [-0.15, -0.1) is 0 Å². The zero-order valence-electron chi connectivity index (χ0n) is 14.7. The number of amides is 1. The molecule has 0 bridgehead atoms. The lowest BCUT2D eigenvalue weighted by Crippen LogP contribution is -2.40. The molecule has 2 rings (SSSR count). The predicted octanol–water partition coefficient (Wildman–Crippen LogP) is 2.28. The molecule has 0 radical (unpaired) electrons. The fraction of sp³-hybridized carbons (Fsp3) is 0.471. The molecule has 2 aromatic rings. The van der Waals surface area contributed by atoms with Gasteiger partial charge in [-0.2, -0.15) is 11.8 Å². The zero-order valence-corrected chi connectivity index (χ0v) is 15.5. The van der Waals surface area contributed by atoms with Crippen LogP contribution in [-0.2, 0) is 18.4 Å². The SMILES string of the molecule is CSCC[C@H](Nc1nc(C)cc(C)n1)C(=O)NCc1cccn1C. The lowest BCUT2D eigenvalue weighted by molar-refractivity contribution is -0.122. The van der Waals surface area contributed by atoms with E-state index in [0.29, 0.717) is 12.5 Å². The summed E-state index contributed by atoms with van der Waals surface area (Å²) in [7, 11) is 1.97. The average Bonchev–Trinajstić information content (AvgIpc) is 2.93. The molecule has 0 aliphatic rings. The summed E-state index contributed by atoms with van der Waals surface area (Å²) in [6, 6.07) is 5.53. The molecule has 0 saturated heterocycles. The summed E-state index contributed by atoms with van der Waals surface area (Å²) in [5.41, 5.74) is 2.84. The van der Waals surface area contributed by atoms with Gasteiger partial charge in [0.05, 0.1) is 6.54 Å². The fourth-order valence-corrected chi connectivity index (χ4v) is 2.90. The first-order valence-corrected chi connectivity index (χ1v) is 9.34. The number of hydrogen-bond donors (Lipinski definition) is 2. The van der Waals surface area contributed by atoms with Crippen molar-refractivity contribution in [2.45, 2.75) is 32.9 Å². The van der Waals surface area contributed by atoms with Gasteiger partial charge < -0.3 is 15.2 Å². The third-order valence-electron chi connectivity index (χ3n) is 3.71. The van der Waals surface area contributed by atoms with Crippen molar-refractivity contribution in [1.82, 2.24) is 19.9 Å². The second-order valence-corrected chi connectivity index (χ2v) is 6.77. The summed E-state index contributed by atoms with van der Waals surface area (Å²) in [6.45, 7) is 4.35. The molecule has 0 aromatic carbocycles. The molecule has 1 amide bonds. The highest BCUT2D eigenvalue weighted by atomic mass is 32.2. The van der Waals surface area contributed by atoms with Crippen molar-refractivity contribution in [2.24, 2.45) is 7.05 Å². The van der Waals surface area contributed by atoms with E-state index < -0.39 is 0 Å². The van der Waals surface area contributed by atoms with Crippen molar-refractivity contribution in [1.29, 1.82) is 0 Å². The molecule has 7 heteroatoms. The van der Waals surface area contributed by atoms with Crippen LogP contribution in [0, 0.1) is 13.8 Å². The Morgan fingerprint density at radius 2 is 2.04 bits per heavy atom. The molecule has 2 aromatic heterocycles. The Morgan fingerprint density at radius 3 is 2.62 bits per heavy atom. The van der Waals surface area contributed by atoms with E-state index in [0.717, 1.165) is 29.3 Å². The summed E-state index contributed by atoms with van der Waals surface area (Å²) >= 11 is 1.72. The fourth-order valence-electron chi connectivity index (χ4n) is 2.43. The Bertz CT molecular complexity index is 665. The van der Waals surface area contributed by atoms with E-state index in [2.05, 4.69) is 20.6 Å². The van der Waals surface area contributed by atoms with Crippen LogP contribution < -0.4 is 10.6 Å². The Hall–Kier alpha value is -2.02. The molecular weight excluding hydrogens is 322 g/mol. The normalized spacial score (nSPS) is 12.0. The first-order valence-electron chi connectivity index (χ1n) is 7.95. The maximum Gasteiger partial charge on any atom is 0.242 e. The number of nitrogens with one attached hydrogen (secondary N) is 2. The summed E-state index contributed by atoms with van der Waals surface area (Å²) in [4.78, 5) is 21.3. The standard InChI is InChI=1S/C17H25N5OS/c1-12-10-13(2)20-17(19-12)21-15(7-9-24-4)16(23)18-11-14-6-5-8-22(14)3/h5-6,8,10,15H,7,9,11H2,1-4H3,(H,18,23)(H,19,20,21)/t15-/m0/s1. The van der Waals surface area contributed by atoms with E-state index in [4.69, 9.17) is 0 Å². The van der Waals surface area contributed by atoms with E-state index in [9.17, 15) is 4.79 Å². The number of anilines is 1. The number of carbonyl (C=O) groups is 1. The number of thioether (sulfide) groups is 1. The first kappa shape index (κ1) is 18.3. The molecule has 130 valence electrons. The molecule has 24 heavy (non-hydrogen) atoms. The Balaban J connectivity index is 2.03. The highest BCUT2D eigenvalue weighted by molar-refractivity contribution is 7.98. The number of hydrogen-bond acceptors (Lipinski definition) is 5. The van der Waals surface area contributed by atoms with Gasteiger partial charge in [0.25, 0.3) is 0 Å². The second kappa shape index (κ2) is 8.73. The second-order valence-electron chi connectivity index (χ2n) is 5.78. The van der Waals surface area contributed by atoms with Gasteiger partial charge in [0, 0.05) is 30.3 Å². The number of rotatable bonds is 8. The van der Waals surface area contributed by atoms with Crippen LogP contribution in [0.3, 0.4) is 0 Å². The van der Waals surface area contributed by atoms with Crippen LogP contribution in [0.5, 0.6) is 0 Å². The van der Waals surface area contributed by atoms with Crippen molar-refractivity contribution < 1.29 is 4.79 Å². The average molecular weight is 347 g/mol. The van der Waals surface area contributed by atoms with Crippen LogP contribution in [0.15, 0.2) is 24.4 Å². The molecule has 1 atom stereocenters. The van der Waals surface area contributed by atoms with Crippen LogP contribution >= 0.6 is 11.8 Å². The van der Waals surface area contributed by atoms with Gasteiger partial charge in [-0.3, -0.25) is 4.79 Å². The summed E-state index contributed by atoms with van der Waals surface area (Å²) in [5.74, 6) is 1.36. The van der Waals surface area contributed by atoms with Crippen LogP contribution in [-0.4, -0.2) is 38.5 Å². The summed E-state index contributed by atoms with van der Waals surface area (Å²) in [6.07, 6.45) is 4.72. The minimum atomic E-state index is -0.348. The predicted molar refractivity (Wildman–Crippen MR) is 99.2 cm³/mol. The third-order valence-corrected chi connectivity index (χ3v) is 4.35. The maximum atomic E-state index is 12.6. The van der Waals surface area contributed by atoms with E-state index in [-0.39, 0.29) is 11.9 Å². The summed E-state index contributed by atoms with van der Waals surface area (Å²) < 4.78 is 2.00. The summed E-state index contributed by atoms with van der Waals surface area (Å²) in [5, 5.41) is 6.18. The number of aromatic nitrogens is 3. The molecule has 0 saturated carbocycles. The van der Waals surface area contributed by atoms with Gasteiger partial charge in [-0.1, -0.05) is 0 Å². The largest absolute Gasteiger partial charge is 0.353 e. The third kappa shape index (κ3) is 5.26. The molecule has 6 nitrogen and oxygen atoms in total. The van der Waals surface area contributed by atoms with E-state index in [1.165, 1.54) is 0 Å². The number of carbonyl (C=O) groups excluding carboxylic acids is 1. The topological polar surface area (TPSA) is 71.8 Å². The van der Waals surface area contributed by atoms with Gasteiger partial charge in [0.1, 0.15) is 6.04 Å². The van der Waals surface area contributed by atoms with Crippen molar-refractivity contribution >= 4 is 23.6 Å². The monoisotopic (exact) mass is 347 g/mol. The number of nitrogens with zero attached hydrogens (tertiary/aromatic N) is 3. The Morgan fingerprint density at radius 1 is 1.33 bits per heavy atom. The molecule has 2 heterocycles. The minimum Gasteiger partial charge on any atom is -0.353 e. The van der Waals surface area contributed by atoms with Crippen molar-refractivity contribution in [3.05, 3.63) is 41.5 Å². The lowest BCUT2D eigenvalue weighted by Gasteiger charge is -2.18. The highest BCUT2D eigenvalue weighted by Crippen LogP contribution is 2.10. The van der Waals surface area contributed by atoms with Gasteiger partial charge in [-0.25, -0.2) is 9.97 Å². The Kier molecular flexibility index (Phi) is 6.66. The zero-order chi connectivity index (χ0) is 17.5. The molecule has 2 N–H and O–H groups in total.